The third kappa shape index (κ3) is 5.99. The number of para-hydroxylation sites is 1. The number of nitrogens with zero attached hydrogens (tertiary/aromatic N) is 1. The molecule has 1 aromatic carbocycles. The zero-order valence-electron chi connectivity index (χ0n) is 13.9. The molecule has 0 fully saturated rings. The molecule has 1 heterocycles. The molecular weight excluding hydrogens is 326 g/mol. The van der Waals surface area contributed by atoms with E-state index >= 15 is 0 Å². The predicted molar refractivity (Wildman–Crippen MR) is 101 cm³/mol. The summed E-state index contributed by atoms with van der Waals surface area (Å²) in [5.74, 6) is 0. The van der Waals surface area contributed by atoms with Gasteiger partial charge in [0.2, 0.25) is 0 Å². The number of aromatic nitrogens is 1. The van der Waals surface area contributed by atoms with Crippen LogP contribution < -0.4 is 0 Å². The van der Waals surface area contributed by atoms with Crippen LogP contribution in [0.25, 0.3) is 10.2 Å². The van der Waals surface area contributed by atoms with Crippen molar-refractivity contribution in [2.75, 3.05) is 6.61 Å². The summed E-state index contributed by atoms with van der Waals surface area (Å²) in [5.41, 5.74) is 1.14. The molecule has 0 aliphatic rings. The molecule has 1 unspecified atom stereocenters. The number of aliphatic hydroxyl groups is 1. The summed E-state index contributed by atoms with van der Waals surface area (Å²) in [5, 5.41) is 9.99. The van der Waals surface area contributed by atoms with Gasteiger partial charge in [-0.15, -0.1) is 11.3 Å². The predicted octanol–water partition coefficient (Wildman–Crippen LogP) is 5.52. The molecule has 0 spiro atoms. The fourth-order valence-electron chi connectivity index (χ4n) is 2.65. The number of aryl methyl sites for hydroxylation is 1. The number of thiazole rings is 1. The highest BCUT2D eigenvalue weighted by Gasteiger charge is 2.08. The lowest BCUT2D eigenvalue weighted by Gasteiger charge is -2.13. The van der Waals surface area contributed by atoms with Gasteiger partial charge in [0, 0.05) is 19.6 Å². The van der Waals surface area contributed by atoms with Crippen LogP contribution in [-0.2, 0) is 11.3 Å². The molecule has 0 saturated carbocycles. The number of benzene rings is 1. The monoisotopic (exact) mass is 353 g/mol. The fraction of sp³-hybridized carbons (Fsp3) is 0.611. The molecule has 0 aliphatic carbocycles. The summed E-state index contributed by atoms with van der Waals surface area (Å²) >= 11 is 7.04. The van der Waals surface area contributed by atoms with Gasteiger partial charge in [0.15, 0.2) is 10.2 Å². The Morgan fingerprint density at radius 1 is 1.17 bits per heavy atom. The van der Waals surface area contributed by atoms with Gasteiger partial charge in [-0.3, -0.25) is 0 Å². The molecule has 3 nitrogen and oxygen atoms in total. The lowest BCUT2D eigenvalue weighted by Crippen LogP contribution is -2.15. The zero-order chi connectivity index (χ0) is 16.5. The Kier molecular flexibility index (Phi) is 8.23. The van der Waals surface area contributed by atoms with Crippen LogP contribution in [0.5, 0.6) is 0 Å². The average molecular weight is 354 g/mol. The summed E-state index contributed by atoms with van der Waals surface area (Å²) in [4.78, 5) is 0. The van der Waals surface area contributed by atoms with Crippen molar-refractivity contribution in [1.82, 2.24) is 4.57 Å². The maximum Gasteiger partial charge on any atom is 0.162 e. The number of hydrogen-bond donors (Lipinski definition) is 1. The maximum absolute atomic E-state index is 9.99. The second-order valence-corrected chi connectivity index (χ2v) is 7.54. The van der Waals surface area contributed by atoms with Crippen molar-refractivity contribution in [3.8, 4) is 0 Å². The Morgan fingerprint density at radius 3 is 2.74 bits per heavy atom. The molecule has 0 aliphatic heterocycles. The molecule has 5 heteroatoms. The highest BCUT2D eigenvalue weighted by molar-refractivity contribution is 7.73. The van der Waals surface area contributed by atoms with Crippen molar-refractivity contribution in [2.45, 2.75) is 64.7 Å². The SMILES string of the molecule is CCCCCCCCOC(O)CCn1c(=S)sc2ccccc21. The van der Waals surface area contributed by atoms with Gasteiger partial charge in [-0.2, -0.15) is 0 Å². The van der Waals surface area contributed by atoms with Crippen LogP contribution in [0.15, 0.2) is 24.3 Å². The van der Waals surface area contributed by atoms with Crippen molar-refractivity contribution in [2.24, 2.45) is 0 Å². The fourth-order valence-corrected chi connectivity index (χ4v) is 4.03. The van der Waals surface area contributed by atoms with E-state index in [0.717, 1.165) is 15.9 Å². The van der Waals surface area contributed by atoms with Crippen molar-refractivity contribution >= 4 is 33.8 Å². The molecule has 2 rings (SSSR count). The quantitative estimate of drug-likeness (QED) is 0.328. The topological polar surface area (TPSA) is 34.4 Å². The third-order valence-electron chi connectivity index (χ3n) is 3.98. The van der Waals surface area contributed by atoms with E-state index in [1.54, 1.807) is 11.3 Å². The van der Waals surface area contributed by atoms with Gasteiger partial charge < -0.3 is 14.4 Å². The number of fused-ring (bicyclic) bond motifs is 1. The Morgan fingerprint density at radius 2 is 1.91 bits per heavy atom. The molecule has 0 radical (unpaired) electrons. The van der Waals surface area contributed by atoms with Crippen LogP contribution in [-0.4, -0.2) is 22.6 Å². The third-order valence-corrected chi connectivity index (χ3v) is 5.41. The normalized spacial score (nSPS) is 12.8. The first kappa shape index (κ1) is 18.6. The van der Waals surface area contributed by atoms with Gasteiger partial charge >= 0.3 is 0 Å². The Hall–Kier alpha value is -0.750. The Bertz CT molecular complexity index is 635. The largest absolute Gasteiger partial charge is 0.368 e. The van der Waals surface area contributed by atoms with E-state index in [1.807, 2.05) is 12.1 Å². The number of hydrogen-bond acceptors (Lipinski definition) is 4. The van der Waals surface area contributed by atoms with Crippen LogP contribution in [0.2, 0.25) is 0 Å². The van der Waals surface area contributed by atoms with Gasteiger partial charge in [0.1, 0.15) is 0 Å². The van der Waals surface area contributed by atoms with Crippen LogP contribution in [0.1, 0.15) is 51.9 Å². The van der Waals surface area contributed by atoms with Crippen LogP contribution >= 0.6 is 23.6 Å². The van der Waals surface area contributed by atoms with Gasteiger partial charge in [-0.25, -0.2) is 0 Å². The zero-order valence-corrected chi connectivity index (χ0v) is 15.5. The van der Waals surface area contributed by atoms with E-state index in [2.05, 4.69) is 23.6 Å². The summed E-state index contributed by atoms with van der Waals surface area (Å²) in [7, 11) is 0. The standard InChI is InChI=1S/C18H27NO2S2/c1-2-3-4-5-6-9-14-21-17(20)12-13-19-15-10-7-8-11-16(15)23-18(19)22/h7-8,10-11,17,20H,2-6,9,12-14H2,1H3. The van der Waals surface area contributed by atoms with E-state index in [9.17, 15) is 5.11 Å². The van der Waals surface area contributed by atoms with Crippen molar-refractivity contribution in [1.29, 1.82) is 0 Å². The minimum atomic E-state index is -0.703. The molecule has 128 valence electrons. The Balaban J connectivity index is 1.69. The smallest absolute Gasteiger partial charge is 0.162 e. The minimum Gasteiger partial charge on any atom is -0.368 e. The second-order valence-electron chi connectivity index (χ2n) is 5.87. The first-order chi connectivity index (χ1) is 11.2. The van der Waals surface area contributed by atoms with Crippen molar-refractivity contribution in [3.63, 3.8) is 0 Å². The number of unbranched alkanes of at least 4 members (excludes halogenated alkanes) is 5. The highest BCUT2D eigenvalue weighted by Crippen LogP contribution is 2.23. The number of aliphatic hydroxyl groups excluding tert-OH is 1. The van der Waals surface area contributed by atoms with Crippen molar-refractivity contribution in [3.05, 3.63) is 28.2 Å². The number of ether oxygens (including phenoxy) is 1. The van der Waals surface area contributed by atoms with E-state index in [4.69, 9.17) is 17.0 Å². The molecular formula is C18H27NO2S2. The Labute approximate surface area is 147 Å². The number of rotatable bonds is 11. The molecule has 1 atom stereocenters. The lowest BCUT2D eigenvalue weighted by molar-refractivity contribution is -0.105. The van der Waals surface area contributed by atoms with Crippen LogP contribution in [0, 0.1) is 3.95 Å². The van der Waals surface area contributed by atoms with E-state index in [-0.39, 0.29) is 0 Å². The van der Waals surface area contributed by atoms with Gasteiger partial charge in [-0.05, 0) is 30.8 Å². The van der Waals surface area contributed by atoms with Gasteiger partial charge in [0.05, 0.1) is 10.2 Å². The maximum atomic E-state index is 9.99. The molecule has 0 saturated heterocycles. The van der Waals surface area contributed by atoms with Gasteiger partial charge in [-0.1, -0.05) is 51.2 Å². The van der Waals surface area contributed by atoms with Crippen LogP contribution in [0.3, 0.4) is 0 Å². The van der Waals surface area contributed by atoms with E-state index in [0.29, 0.717) is 19.6 Å². The molecule has 2 aromatic rings. The van der Waals surface area contributed by atoms with Crippen molar-refractivity contribution < 1.29 is 9.84 Å². The molecule has 0 amide bonds. The summed E-state index contributed by atoms with van der Waals surface area (Å²) < 4.78 is 9.65. The van der Waals surface area contributed by atoms with Gasteiger partial charge in [0.25, 0.3) is 0 Å². The van der Waals surface area contributed by atoms with Crippen LogP contribution in [0.4, 0.5) is 0 Å². The summed E-state index contributed by atoms with van der Waals surface area (Å²) in [6.45, 7) is 3.56. The molecule has 1 aromatic heterocycles. The second kappa shape index (κ2) is 10.2. The molecule has 1 N–H and O–H groups in total. The summed E-state index contributed by atoms with van der Waals surface area (Å²) in [6, 6.07) is 8.20. The lowest BCUT2D eigenvalue weighted by atomic mass is 10.1. The first-order valence-electron chi connectivity index (χ1n) is 8.60. The minimum absolute atomic E-state index is 0.574. The first-order valence-corrected chi connectivity index (χ1v) is 9.83. The van der Waals surface area contributed by atoms with E-state index in [1.165, 1.54) is 36.8 Å². The molecule has 0 bridgehead atoms. The highest BCUT2D eigenvalue weighted by atomic mass is 32.1. The molecule has 23 heavy (non-hydrogen) atoms. The average Bonchev–Trinajstić information content (AvgIpc) is 2.87. The summed E-state index contributed by atoms with van der Waals surface area (Å²) in [6.07, 6.45) is 7.25. The van der Waals surface area contributed by atoms with E-state index < -0.39 is 6.29 Å².